The maximum Gasteiger partial charge on any atom is 0.407 e. The van der Waals surface area contributed by atoms with Crippen LogP contribution in [0.5, 0.6) is 0 Å². The second-order valence-electron chi connectivity index (χ2n) is 4.26. The maximum atomic E-state index is 12.3. The first-order valence-electron chi connectivity index (χ1n) is 5.82. The van der Waals surface area contributed by atoms with Crippen LogP contribution >= 0.6 is 0 Å². The average Bonchev–Trinajstić information content (AvgIpc) is 2.23. The second-order valence-corrected chi connectivity index (χ2v) is 4.26. The molecule has 1 N–H and O–H groups in total. The monoisotopic (exact) mass is 285 g/mol. The van der Waals surface area contributed by atoms with Crippen molar-refractivity contribution in [3.05, 3.63) is 0 Å². The Labute approximate surface area is 109 Å². The number of alkyl halides is 3. The molecule has 0 spiro atoms. The fraction of sp³-hybridized carbons (Fsp3) is 0.818. The molecule has 0 aromatic rings. The third kappa shape index (κ3) is 9.15. The summed E-state index contributed by atoms with van der Waals surface area (Å²) < 4.78 is 46.0. The van der Waals surface area contributed by atoms with E-state index in [1.807, 2.05) is 5.32 Å². The summed E-state index contributed by atoms with van der Waals surface area (Å²) in [5, 5.41) is 1.84. The van der Waals surface area contributed by atoms with Crippen LogP contribution in [-0.2, 0) is 14.3 Å². The molecule has 112 valence electrons. The van der Waals surface area contributed by atoms with Crippen LogP contribution in [0.4, 0.5) is 18.0 Å². The van der Waals surface area contributed by atoms with E-state index in [9.17, 15) is 22.8 Å². The third-order valence-electron chi connectivity index (χ3n) is 1.85. The predicted octanol–water partition coefficient (Wildman–Crippen LogP) is 2.25. The second kappa shape index (κ2) is 7.85. The van der Waals surface area contributed by atoms with E-state index >= 15 is 0 Å². The molecule has 0 aliphatic rings. The molecule has 0 aliphatic carbocycles. The number of rotatable bonds is 6. The van der Waals surface area contributed by atoms with Crippen LogP contribution in [0, 0.1) is 5.92 Å². The highest BCUT2D eigenvalue weighted by Crippen LogP contribution is 2.22. The van der Waals surface area contributed by atoms with E-state index in [-0.39, 0.29) is 19.1 Å². The topological polar surface area (TPSA) is 64.6 Å². The van der Waals surface area contributed by atoms with Gasteiger partial charge in [-0.05, 0) is 12.8 Å². The molecule has 0 saturated heterocycles. The third-order valence-corrected chi connectivity index (χ3v) is 1.85. The fourth-order valence-electron chi connectivity index (χ4n) is 1.09. The standard InChI is InChI=1S/C11H18F3NO4/c1-4-18-10(17)15-8(5-11(12,13)14)9(16)19-6-7(2)3/h7-8H,4-6H2,1-3H3,(H,15,17). The number of esters is 1. The number of amides is 1. The number of hydrogen-bond acceptors (Lipinski definition) is 4. The number of halogens is 3. The molecule has 0 aromatic heterocycles. The zero-order chi connectivity index (χ0) is 15.1. The van der Waals surface area contributed by atoms with Crippen molar-refractivity contribution >= 4 is 12.1 Å². The first-order chi connectivity index (χ1) is 8.65. The Morgan fingerprint density at radius 2 is 1.79 bits per heavy atom. The molecule has 1 unspecified atom stereocenters. The minimum atomic E-state index is -4.60. The van der Waals surface area contributed by atoms with Crippen LogP contribution in [-0.4, -0.2) is 37.5 Å². The normalized spacial score (nSPS) is 13.0. The van der Waals surface area contributed by atoms with Gasteiger partial charge < -0.3 is 14.8 Å². The largest absolute Gasteiger partial charge is 0.464 e. The Bertz CT molecular complexity index is 305. The van der Waals surface area contributed by atoms with Crippen LogP contribution in [0.2, 0.25) is 0 Å². The van der Waals surface area contributed by atoms with Gasteiger partial charge in [0.25, 0.3) is 0 Å². The number of hydrogen-bond donors (Lipinski definition) is 1. The van der Waals surface area contributed by atoms with Crippen molar-refractivity contribution < 1.29 is 32.2 Å². The zero-order valence-corrected chi connectivity index (χ0v) is 11.0. The Morgan fingerprint density at radius 1 is 1.21 bits per heavy atom. The van der Waals surface area contributed by atoms with Crippen LogP contribution in [0.1, 0.15) is 27.2 Å². The highest BCUT2D eigenvalue weighted by molar-refractivity contribution is 5.81. The quantitative estimate of drug-likeness (QED) is 0.760. The van der Waals surface area contributed by atoms with Crippen molar-refractivity contribution in [2.75, 3.05) is 13.2 Å². The molecule has 0 aliphatic heterocycles. The van der Waals surface area contributed by atoms with E-state index in [4.69, 9.17) is 0 Å². The molecule has 1 amide bonds. The summed E-state index contributed by atoms with van der Waals surface area (Å²) in [7, 11) is 0. The minimum Gasteiger partial charge on any atom is -0.464 e. The van der Waals surface area contributed by atoms with E-state index in [1.54, 1.807) is 13.8 Å². The van der Waals surface area contributed by atoms with Crippen LogP contribution in [0.3, 0.4) is 0 Å². The lowest BCUT2D eigenvalue weighted by molar-refractivity contribution is -0.163. The number of alkyl carbamates (subject to hydrolysis) is 1. The molecule has 0 radical (unpaired) electrons. The van der Waals surface area contributed by atoms with E-state index in [1.165, 1.54) is 6.92 Å². The number of ether oxygens (including phenoxy) is 2. The van der Waals surface area contributed by atoms with Crippen molar-refractivity contribution in [3.63, 3.8) is 0 Å². The lowest BCUT2D eigenvalue weighted by Gasteiger charge is -2.19. The Balaban J connectivity index is 4.56. The number of nitrogens with one attached hydrogen (secondary N) is 1. The van der Waals surface area contributed by atoms with Crippen LogP contribution in [0.15, 0.2) is 0 Å². The lowest BCUT2D eigenvalue weighted by Crippen LogP contribution is -2.45. The van der Waals surface area contributed by atoms with E-state index < -0.39 is 30.7 Å². The molecule has 0 heterocycles. The summed E-state index contributed by atoms with van der Waals surface area (Å²) in [5.41, 5.74) is 0. The van der Waals surface area contributed by atoms with E-state index in [2.05, 4.69) is 9.47 Å². The Kier molecular flexibility index (Phi) is 7.25. The van der Waals surface area contributed by atoms with Crippen molar-refractivity contribution in [2.24, 2.45) is 5.92 Å². The summed E-state index contributed by atoms with van der Waals surface area (Å²) in [5.74, 6) is -1.14. The van der Waals surface area contributed by atoms with E-state index in [0.29, 0.717) is 0 Å². The van der Waals surface area contributed by atoms with E-state index in [0.717, 1.165) is 0 Å². The molecular formula is C11H18F3NO4. The maximum absolute atomic E-state index is 12.3. The summed E-state index contributed by atoms with van der Waals surface area (Å²) >= 11 is 0. The SMILES string of the molecule is CCOC(=O)NC(CC(F)(F)F)C(=O)OCC(C)C. The summed E-state index contributed by atoms with van der Waals surface area (Å²) in [4.78, 5) is 22.5. The van der Waals surface area contributed by atoms with Gasteiger partial charge in [0.05, 0.1) is 19.6 Å². The molecule has 0 aromatic carbocycles. The van der Waals surface area contributed by atoms with Crippen molar-refractivity contribution in [1.29, 1.82) is 0 Å². The van der Waals surface area contributed by atoms with Gasteiger partial charge in [-0.2, -0.15) is 13.2 Å². The van der Waals surface area contributed by atoms with Gasteiger partial charge >= 0.3 is 18.2 Å². The van der Waals surface area contributed by atoms with Gasteiger partial charge in [0.1, 0.15) is 6.04 Å². The summed E-state index contributed by atoms with van der Waals surface area (Å²) in [6.45, 7) is 4.95. The fourth-order valence-corrected chi connectivity index (χ4v) is 1.09. The number of carbonyl (C=O) groups is 2. The summed E-state index contributed by atoms with van der Waals surface area (Å²) in [6.07, 6.45) is -7.18. The summed E-state index contributed by atoms with van der Waals surface area (Å²) in [6, 6.07) is -1.79. The smallest absolute Gasteiger partial charge is 0.407 e. The molecule has 19 heavy (non-hydrogen) atoms. The lowest BCUT2D eigenvalue weighted by atomic mass is 10.2. The molecule has 8 heteroatoms. The van der Waals surface area contributed by atoms with Gasteiger partial charge in [-0.25, -0.2) is 9.59 Å². The van der Waals surface area contributed by atoms with Gasteiger partial charge in [0, 0.05) is 0 Å². The molecule has 0 bridgehead atoms. The molecule has 0 rings (SSSR count). The first kappa shape index (κ1) is 17.5. The van der Waals surface area contributed by atoms with Gasteiger partial charge in [-0.1, -0.05) is 13.8 Å². The zero-order valence-electron chi connectivity index (χ0n) is 11.0. The van der Waals surface area contributed by atoms with Crippen molar-refractivity contribution in [3.8, 4) is 0 Å². The predicted molar refractivity (Wildman–Crippen MR) is 60.4 cm³/mol. The van der Waals surface area contributed by atoms with Crippen LogP contribution in [0.25, 0.3) is 0 Å². The number of carbonyl (C=O) groups excluding carboxylic acids is 2. The molecule has 1 atom stereocenters. The van der Waals surface area contributed by atoms with Crippen molar-refractivity contribution in [1.82, 2.24) is 5.32 Å². The minimum absolute atomic E-state index is 0.00832. The Hall–Kier alpha value is -1.47. The van der Waals surface area contributed by atoms with Gasteiger partial charge in [0.15, 0.2) is 0 Å². The van der Waals surface area contributed by atoms with Gasteiger partial charge in [0.2, 0.25) is 0 Å². The highest BCUT2D eigenvalue weighted by Gasteiger charge is 2.37. The van der Waals surface area contributed by atoms with Crippen molar-refractivity contribution in [2.45, 2.75) is 39.4 Å². The molecule has 0 fully saturated rings. The van der Waals surface area contributed by atoms with Gasteiger partial charge in [-0.15, -0.1) is 0 Å². The molecular weight excluding hydrogens is 267 g/mol. The van der Waals surface area contributed by atoms with Crippen LogP contribution < -0.4 is 5.32 Å². The first-order valence-corrected chi connectivity index (χ1v) is 5.82. The molecule has 0 saturated carbocycles. The average molecular weight is 285 g/mol. The Morgan fingerprint density at radius 3 is 2.21 bits per heavy atom. The highest BCUT2D eigenvalue weighted by atomic mass is 19.4. The van der Waals surface area contributed by atoms with Gasteiger partial charge in [-0.3, -0.25) is 0 Å². The molecule has 5 nitrogen and oxygen atoms in total.